The molecule has 2 N–H and O–H groups in total. The van der Waals surface area contributed by atoms with Gasteiger partial charge in [0, 0.05) is 12.1 Å². The molecule has 0 aliphatic carbocycles. The quantitative estimate of drug-likeness (QED) is 0.902. The molecular formula is C12H12BrFN2O2. The Morgan fingerprint density at radius 2 is 2.17 bits per heavy atom. The maximum atomic E-state index is 13.1. The molecule has 6 heteroatoms. The van der Waals surface area contributed by atoms with Gasteiger partial charge in [0.1, 0.15) is 11.9 Å². The van der Waals surface area contributed by atoms with Gasteiger partial charge in [0.05, 0.1) is 4.47 Å². The summed E-state index contributed by atoms with van der Waals surface area (Å²) in [5, 5.41) is 0. The molecule has 0 saturated carbocycles. The minimum absolute atomic E-state index is 0.225. The number of amides is 2. The Kier molecular flexibility index (Phi) is 3.65. The fourth-order valence-electron chi connectivity index (χ4n) is 2.10. The van der Waals surface area contributed by atoms with Crippen LogP contribution in [-0.2, 0) is 4.79 Å². The van der Waals surface area contributed by atoms with Crippen molar-refractivity contribution in [2.45, 2.75) is 18.9 Å². The van der Waals surface area contributed by atoms with Crippen molar-refractivity contribution in [2.75, 3.05) is 6.54 Å². The normalized spacial score (nSPS) is 19.0. The molecule has 1 saturated heterocycles. The van der Waals surface area contributed by atoms with Crippen molar-refractivity contribution in [2.24, 2.45) is 5.73 Å². The summed E-state index contributed by atoms with van der Waals surface area (Å²) in [6.07, 6.45) is 1.34. The topological polar surface area (TPSA) is 63.4 Å². The van der Waals surface area contributed by atoms with Gasteiger partial charge in [-0.15, -0.1) is 0 Å². The third-order valence-electron chi connectivity index (χ3n) is 3.01. The van der Waals surface area contributed by atoms with E-state index in [1.165, 1.54) is 23.1 Å². The number of halogens is 2. The maximum Gasteiger partial charge on any atom is 0.254 e. The van der Waals surface area contributed by atoms with Crippen molar-refractivity contribution in [3.8, 4) is 0 Å². The van der Waals surface area contributed by atoms with E-state index in [4.69, 9.17) is 5.73 Å². The molecule has 1 aromatic carbocycles. The fraction of sp³-hybridized carbons (Fsp3) is 0.333. The summed E-state index contributed by atoms with van der Waals surface area (Å²) in [6.45, 7) is 0.501. The van der Waals surface area contributed by atoms with Gasteiger partial charge in [-0.3, -0.25) is 9.59 Å². The van der Waals surface area contributed by atoms with Crippen molar-refractivity contribution in [1.82, 2.24) is 4.90 Å². The lowest BCUT2D eigenvalue weighted by atomic mass is 10.1. The van der Waals surface area contributed by atoms with Crippen LogP contribution in [0.4, 0.5) is 4.39 Å². The van der Waals surface area contributed by atoms with Crippen LogP contribution in [0, 0.1) is 5.82 Å². The molecule has 18 heavy (non-hydrogen) atoms. The Morgan fingerprint density at radius 1 is 1.44 bits per heavy atom. The second kappa shape index (κ2) is 5.06. The molecule has 4 nitrogen and oxygen atoms in total. The predicted molar refractivity (Wildman–Crippen MR) is 67.4 cm³/mol. The SMILES string of the molecule is NC(=O)C1CCCN1C(=O)c1ccc(F)c(Br)c1. The molecule has 1 unspecified atom stereocenters. The van der Waals surface area contributed by atoms with E-state index in [0.717, 1.165) is 6.42 Å². The molecule has 1 aromatic rings. The Morgan fingerprint density at radius 3 is 2.78 bits per heavy atom. The molecule has 0 spiro atoms. The molecule has 0 bridgehead atoms. The highest BCUT2D eigenvalue weighted by atomic mass is 79.9. The minimum atomic E-state index is -0.554. The molecule has 0 aromatic heterocycles. The number of hydrogen-bond donors (Lipinski definition) is 1. The largest absolute Gasteiger partial charge is 0.368 e. The summed E-state index contributed by atoms with van der Waals surface area (Å²) in [7, 11) is 0. The van der Waals surface area contributed by atoms with Crippen LogP contribution in [0.5, 0.6) is 0 Å². The van der Waals surface area contributed by atoms with Gasteiger partial charge >= 0.3 is 0 Å². The zero-order valence-corrected chi connectivity index (χ0v) is 11.1. The first-order valence-electron chi connectivity index (χ1n) is 5.56. The maximum absolute atomic E-state index is 13.1. The van der Waals surface area contributed by atoms with E-state index >= 15 is 0 Å². The second-order valence-corrected chi connectivity index (χ2v) is 5.04. The number of nitrogens with zero attached hydrogens (tertiary/aromatic N) is 1. The van der Waals surface area contributed by atoms with Crippen molar-refractivity contribution < 1.29 is 14.0 Å². The average molecular weight is 315 g/mol. The number of primary amides is 1. The third-order valence-corrected chi connectivity index (χ3v) is 3.62. The minimum Gasteiger partial charge on any atom is -0.368 e. The van der Waals surface area contributed by atoms with Crippen LogP contribution in [-0.4, -0.2) is 29.3 Å². The molecule has 1 aliphatic heterocycles. The molecule has 1 aliphatic rings. The summed E-state index contributed by atoms with van der Waals surface area (Å²) in [5.74, 6) is -1.22. The number of hydrogen-bond acceptors (Lipinski definition) is 2. The Labute approximate surface area is 112 Å². The number of carbonyl (C=O) groups excluding carboxylic acids is 2. The molecule has 1 atom stereocenters. The van der Waals surface area contributed by atoms with Crippen molar-refractivity contribution >= 4 is 27.7 Å². The molecular weight excluding hydrogens is 303 g/mol. The van der Waals surface area contributed by atoms with Gasteiger partial charge in [-0.05, 0) is 47.0 Å². The first kappa shape index (κ1) is 13.0. The van der Waals surface area contributed by atoms with Crippen LogP contribution in [0.1, 0.15) is 23.2 Å². The summed E-state index contributed by atoms with van der Waals surface area (Å²) < 4.78 is 13.3. The van der Waals surface area contributed by atoms with Gasteiger partial charge in [-0.2, -0.15) is 0 Å². The second-order valence-electron chi connectivity index (χ2n) is 4.19. The summed E-state index contributed by atoms with van der Waals surface area (Å²) in [5.41, 5.74) is 5.60. The van der Waals surface area contributed by atoms with Gasteiger partial charge < -0.3 is 10.6 Å². The van der Waals surface area contributed by atoms with E-state index in [2.05, 4.69) is 15.9 Å². The van der Waals surface area contributed by atoms with Crippen LogP contribution in [0.25, 0.3) is 0 Å². The van der Waals surface area contributed by atoms with E-state index in [9.17, 15) is 14.0 Å². The number of benzene rings is 1. The van der Waals surface area contributed by atoms with E-state index < -0.39 is 17.8 Å². The number of rotatable bonds is 2. The van der Waals surface area contributed by atoms with Crippen LogP contribution >= 0.6 is 15.9 Å². The fourth-order valence-corrected chi connectivity index (χ4v) is 2.48. The lowest BCUT2D eigenvalue weighted by molar-refractivity contribution is -0.121. The van der Waals surface area contributed by atoms with E-state index in [1.807, 2.05) is 0 Å². The van der Waals surface area contributed by atoms with Gasteiger partial charge in [0.25, 0.3) is 5.91 Å². The molecule has 2 rings (SSSR count). The Bertz CT molecular complexity index is 507. The molecule has 96 valence electrons. The number of nitrogens with two attached hydrogens (primary N) is 1. The molecule has 1 heterocycles. The molecule has 0 radical (unpaired) electrons. The van der Waals surface area contributed by atoms with Crippen LogP contribution < -0.4 is 5.73 Å². The zero-order chi connectivity index (χ0) is 13.3. The Balaban J connectivity index is 2.25. The number of likely N-dealkylation sites (tertiary alicyclic amines) is 1. The van der Waals surface area contributed by atoms with E-state index in [-0.39, 0.29) is 10.4 Å². The predicted octanol–water partition coefficient (Wildman–Crippen LogP) is 1.68. The van der Waals surface area contributed by atoms with E-state index in [0.29, 0.717) is 18.5 Å². The lowest BCUT2D eigenvalue weighted by Gasteiger charge is -2.22. The standard InChI is InChI=1S/C12H12BrFN2O2/c13-8-6-7(3-4-9(8)14)12(18)16-5-1-2-10(16)11(15)17/h3-4,6,10H,1-2,5H2,(H2,15,17). The van der Waals surface area contributed by atoms with Gasteiger partial charge in [0.2, 0.25) is 5.91 Å². The highest BCUT2D eigenvalue weighted by Gasteiger charge is 2.33. The Hall–Kier alpha value is -1.43. The summed E-state index contributed by atoms with van der Waals surface area (Å²) in [6, 6.07) is 3.47. The smallest absolute Gasteiger partial charge is 0.254 e. The van der Waals surface area contributed by atoms with Crippen LogP contribution in [0.3, 0.4) is 0 Å². The summed E-state index contributed by atoms with van der Waals surface area (Å²) in [4.78, 5) is 24.9. The van der Waals surface area contributed by atoms with E-state index in [1.54, 1.807) is 0 Å². The van der Waals surface area contributed by atoms with Crippen molar-refractivity contribution in [3.05, 3.63) is 34.1 Å². The highest BCUT2D eigenvalue weighted by Crippen LogP contribution is 2.22. The van der Waals surface area contributed by atoms with Crippen molar-refractivity contribution in [1.29, 1.82) is 0 Å². The molecule has 2 amide bonds. The first-order chi connectivity index (χ1) is 8.50. The third kappa shape index (κ3) is 2.38. The highest BCUT2D eigenvalue weighted by molar-refractivity contribution is 9.10. The zero-order valence-electron chi connectivity index (χ0n) is 9.53. The van der Waals surface area contributed by atoms with Gasteiger partial charge in [0.15, 0.2) is 0 Å². The van der Waals surface area contributed by atoms with Crippen LogP contribution in [0.15, 0.2) is 22.7 Å². The number of carbonyl (C=O) groups is 2. The summed E-state index contributed by atoms with van der Waals surface area (Å²) >= 11 is 3.03. The van der Waals surface area contributed by atoms with Crippen molar-refractivity contribution in [3.63, 3.8) is 0 Å². The first-order valence-corrected chi connectivity index (χ1v) is 6.35. The molecule has 1 fully saturated rings. The van der Waals surface area contributed by atoms with Crippen LogP contribution in [0.2, 0.25) is 0 Å². The lowest BCUT2D eigenvalue weighted by Crippen LogP contribution is -2.43. The van der Waals surface area contributed by atoms with Gasteiger partial charge in [-0.25, -0.2) is 4.39 Å². The van der Waals surface area contributed by atoms with Gasteiger partial charge in [-0.1, -0.05) is 0 Å². The monoisotopic (exact) mass is 314 g/mol. The average Bonchev–Trinajstić information content (AvgIpc) is 2.81.